The van der Waals surface area contributed by atoms with E-state index in [0.717, 1.165) is 31.4 Å². The minimum absolute atomic E-state index is 0.118. The summed E-state index contributed by atoms with van der Waals surface area (Å²) in [6, 6.07) is 8.27. The summed E-state index contributed by atoms with van der Waals surface area (Å²) in [5.41, 5.74) is 1.06. The van der Waals surface area contributed by atoms with E-state index in [9.17, 15) is 5.11 Å². The van der Waals surface area contributed by atoms with E-state index in [0.29, 0.717) is 0 Å². The number of rotatable bonds is 3. The van der Waals surface area contributed by atoms with Crippen molar-refractivity contribution < 1.29 is 9.84 Å². The van der Waals surface area contributed by atoms with Crippen molar-refractivity contribution in [3.05, 3.63) is 29.8 Å². The zero-order chi connectivity index (χ0) is 13.2. The molecule has 1 saturated carbocycles. The van der Waals surface area contributed by atoms with Crippen molar-refractivity contribution in [2.45, 2.75) is 57.5 Å². The fourth-order valence-electron chi connectivity index (χ4n) is 2.59. The first-order valence-corrected chi connectivity index (χ1v) is 6.86. The van der Waals surface area contributed by atoms with Gasteiger partial charge in [-0.3, -0.25) is 0 Å². The van der Waals surface area contributed by atoms with Crippen LogP contribution in [0.2, 0.25) is 0 Å². The molecule has 0 radical (unpaired) electrons. The normalized spacial score (nSPS) is 18.9. The molecule has 0 bridgehead atoms. The van der Waals surface area contributed by atoms with Gasteiger partial charge in [0.2, 0.25) is 0 Å². The zero-order valence-corrected chi connectivity index (χ0v) is 11.7. The molecule has 100 valence electrons. The molecule has 0 saturated heterocycles. The molecule has 1 N–H and O–H groups in total. The molecular formula is C16H24O2. The van der Waals surface area contributed by atoms with E-state index in [2.05, 4.69) is 32.9 Å². The number of benzene rings is 1. The highest BCUT2D eigenvalue weighted by atomic mass is 16.5. The Balaban J connectivity index is 2.19. The summed E-state index contributed by atoms with van der Waals surface area (Å²) in [5, 5.41) is 9.58. The Labute approximate surface area is 110 Å². The lowest BCUT2D eigenvalue weighted by Gasteiger charge is -2.29. The molecule has 0 amide bonds. The van der Waals surface area contributed by atoms with Gasteiger partial charge in [-0.25, -0.2) is 0 Å². The van der Waals surface area contributed by atoms with Gasteiger partial charge in [0.05, 0.1) is 6.61 Å². The minimum atomic E-state index is -0.337. The SMILES string of the molecule is CC(C)(C)c1cccc(OC2(CO)CCCC2)c1. The molecule has 0 spiro atoms. The maximum atomic E-state index is 9.58. The summed E-state index contributed by atoms with van der Waals surface area (Å²) in [7, 11) is 0. The van der Waals surface area contributed by atoms with Gasteiger partial charge in [-0.15, -0.1) is 0 Å². The molecule has 2 heteroatoms. The first kappa shape index (κ1) is 13.4. The minimum Gasteiger partial charge on any atom is -0.485 e. The summed E-state index contributed by atoms with van der Waals surface area (Å²) >= 11 is 0. The van der Waals surface area contributed by atoms with E-state index < -0.39 is 0 Å². The van der Waals surface area contributed by atoms with Crippen LogP contribution in [0, 0.1) is 0 Å². The van der Waals surface area contributed by atoms with Gasteiger partial charge in [0.1, 0.15) is 11.4 Å². The third-order valence-corrected chi connectivity index (χ3v) is 3.84. The number of hydrogen-bond acceptors (Lipinski definition) is 2. The second-order valence-electron chi connectivity index (χ2n) is 6.43. The standard InChI is InChI=1S/C16H24O2/c1-15(2,3)13-7-6-8-14(11-13)18-16(12-17)9-4-5-10-16/h6-8,11,17H,4-5,9-10,12H2,1-3H3. The molecular weight excluding hydrogens is 224 g/mol. The molecule has 1 aliphatic carbocycles. The lowest BCUT2D eigenvalue weighted by molar-refractivity contribution is 0.0151. The van der Waals surface area contributed by atoms with Crippen LogP contribution in [0.1, 0.15) is 52.0 Å². The largest absolute Gasteiger partial charge is 0.485 e. The van der Waals surface area contributed by atoms with Crippen LogP contribution in [0.25, 0.3) is 0 Å². The molecule has 1 aromatic carbocycles. The highest BCUT2D eigenvalue weighted by molar-refractivity contribution is 5.33. The van der Waals surface area contributed by atoms with Crippen molar-refractivity contribution >= 4 is 0 Å². The van der Waals surface area contributed by atoms with E-state index >= 15 is 0 Å². The van der Waals surface area contributed by atoms with Gasteiger partial charge >= 0.3 is 0 Å². The van der Waals surface area contributed by atoms with E-state index in [4.69, 9.17) is 4.74 Å². The average Bonchev–Trinajstić information content (AvgIpc) is 2.77. The predicted octanol–water partition coefficient (Wildman–Crippen LogP) is 3.67. The van der Waals surface area contributed by atoms with Gasteiger partial charge in [0.15, 0.2) is 0 Å². The molecule has 1 aliphatic rings. The first-order chi connectivity index (χ1) is 8.45. The Morgan fingerprint density at radius 1 is 1.22 bits per heavy atom. The third kappa shape index (κ3) is 2.86. The van der Waals surface area contributed by atoms with Gasteiger partial charge in [0, 0.05) is 0 Å². The molecule has 0 atom stereocenters. The topological polar surface area (TPSA) is 29.5 Å². The first-order valence-electron chi connectivity index (χ1n) is 6.86. The second-order valence-corrected chi connectivity index (χ2v) is 6.43. The summed E-state index contributed by atoms with van der Waals surface area (Å²) < 4.78 is 6.10. The summed E-state index contributed by atoms with van der Waals surface area (Å²) in [6.07, 6.45) is 4.23. The molecule has 2 rings (SSSR count). The van der Waals surface area contributed by atoms with Crippen molar-refractivity contribution in [1.82, 2.24) is 0 Å². The van der Waals surface area contributed by atoms with Crippen molar-refractivity contribution in [2.24, 2.45) is 0 Å². The Bertz CT molecular complexity index is 398. The maximum Gasteiger partial charge on any atom is 0.132 e. The molecule has 18 heavy (non-hydrogen) atoms. The van der Waals surface area contributed by atoms with Crippen LogP contribution >= 0.6 is 0 Å². The van der Waals surface area contributed by atoms with E-state index in [1.54, 1.807) is 0 Å². The monoisotopic (exact) mass is 248 g/mol. The quantitative estimate of drug-likeness (QED) is 0.884. The Morgan fingerprint density at radius 2 is 1.89 bits per heavy atom. The van der Waals surface area contributed by atoms with Gasteiger partial charge in [0.25, 0.3) is 0 Å². The molecule has 2 nitrogen and oxygen atoms in total. The van der Waals surface area contributed by atoms with Crippen LogP contribution in [-0.4, -0.2) is 17.3 Å². The van der Waals surface area contributed by atoms with Gasteiger partial charge in [-0.05, 0) is 48.8 Å². The number of aliphatic hydroxyl groups is 1. The molecule has 0 unspecified atom stereocenters. The molecule has 0 aromatic heterocycles. The summed E-state index contributed by atoms with van der Waals surface area (Å²) in [6.45, 7) is 6.71. The van der Waals surface area contributed by atoms with Crippen LogP contribution in [0.3, 0.4) is 0 Å². The van der Waals surface area contributed by atoms with Crippen LogP contribution < -0.4 is 4.74 Å². The van der Waals surface area contributed by atoms with E-state index in [1.165, 1.54) is 5.56 Å². The van der Waals surface area contributed by atoms with E-state index in [-0.39, 0.29) is 17.6 Å². The third-order valence-electron chi connectivity index (χ3n) is 3.84. The van der Waals surface area contributed by atoms with Crippen molar-refractivity contribution in [1.29, 1.82) is 0 Å². The highest BCUT2D eigenvalue weighted by Crippen LogP contribution is 2.35. The number of hydrogen-bond donors (Lipinski definition) is 1. The highest BCUT2D eigenvalue weighted by Gasteiger charge is 2.35. The van der Waals surface area contributed by atoms with Crippen LogP contribution in [0.15, 0.2) is 24.3 Å². The van der Waals surface area contributed by atoms with Crippen molar-refractivity contribution in [2.75, 3.05) is 6.61 Å². The lowest BCUT2D eigenvalue weighted by Crippen LogP contribution is -2.36. The molecule has 0 heterocycles. The average molecular weight is 248 g/mol. The lowest BCUT2D eigenvalue weighted by atomic mass is 9.87. The van der Waals surface area contributed by atoms with Crippen LogP contribution in [-0.2, 0) is 5.41 Å². The Morgan fingerprint density at radius 3 is 2.44 bits per heavy atom. The van der Waals surface area contributed by atoms with Crippen molar-refractivity contribution in [3.8, 4) is 5.75 Å². The van der Waals surface area contributed by atoms with E-state index in [1.807, 2.05) is 12.1 Å². The summed E-state index contributed by atoms with van der Waals surface area (Å²) in [5.74, 6) is 0.887. The second kappa shape index (κ2) is 4.93. The summed E-state index contributed by atoms with van der Waals surface area (Å²) in [4.78, 5) is 0. The smallest absolute Gasteiger partial charge is 0.132 e. The van der Waals surface area contributed by atoms with Crippen molar-refractivity contribution in [3.63, 3.8) is 0 Å². The number of ether oxygens (including phenoxy) is 1. The predicted molar refractivity (Wildman–Crippen MR) is 74.1 cm³/mol. The van der Waals surface area contributed by atoms with Gasteiger partial charge in [-0.1, -0.05) is 32.9 Å². The van der Waals surface area contributed by atoms with Crippen LogP contribution in [0.5, 0.6) is 5.75 Å². The Kier molecular flexibility index (Phi) is 3.67. The zero-order valence-electron chi connectivity index (χ0n) is 11.7. The fraction of sp³-hybridized carbons (Fsp3) is 0.625. The Hall–Kier alpha value is -1.02. The molecule has 1 fully saturated rings. The fourth-order valence-corrected chi connectivity index (χ4v) is 2.59. The van der Waals surface area contributed by atoms with Gasteiger partial charge in [-0.2, -0.15) is 0 Å². The molecule has 0 aliphatic heterocycles. The number of aliphatic hydroxyl groups excluding tert-OH is 1. The van der Waals surface area contributed by atoms with Crippen LogP contribution in [0.4, 0.5) is 0 Å². The van der Waals surface area contributed by atoms with Gasteiger partial charge < -0.3 is 9.84 Å². The molecule has 1 aromatic rings. The maximum absolute atomic E-state index is 9.58.